The van der Waals surface area contributed by atoms with Gasteiger partial charge in [-0.2, -0.15) is 13.2 Å². The van der Waals surface area contributed by atoms with E-state index in [1.54, 1.807) is 12.1 Å². The van der Waals surface area contributed by atoms with Crippen LogP contribution in [0.1, 0.15) is 41.6 Å². The van der Waals surface area contributed by atoms with Crippen LogP contribution < -0.4 is 9.62 Å². The van der Waals surface area contributed by atoms with E-state index in [-0.39, 0.29) is 16.1 Å². The number of benzene rings is 1. The average Bonchev–Trinajstić information content (AvgIpc) is 3.37. The third kappa shape index (κ3) is 8.55. The van der Waals surface area contributed by atoms with Gasteiger partial charge < -0.3 is 20.0 Å². The zero-order valence-electron chi connectivity index (χ0n) is 21.3. The number of aliphatic carboxylic acids is 1. The van der Waals surface area contributed by atoms with Crippen LogP contribution >= 0.6 is 0 Å². The third-order valence-corrected chi connectivity index (χ3v) is 7.80. The minimum absolute atomic E-state index is 0.0104. The van der Waals surface area contributed by atoms with E-state index in [9.17, 15) is 31.5 Å². The Kier molecular flexibility index (Phi) is 9.78. The number of rotatable bonds is 7. The number of piperidine rings is 1. The van der Waals surface area contributed by atoms with Gasteiger partial charge in [0.15, 0.2) is 0 Å². The van der Waals surface area contributed by atoms with Gasteiger partial charge in [0.25, 0.3) is 10.0 Å². The van der Waals surface area contributed by atoms with Crippen molar-refractivity contribution in [2.24, 2.45) is 5.92 Å². The number of likely N-dealkylation sites (tertiary alicyclic amines) is 1. The lowest BCUT2D eigenvalue weighted by molar-refractivity contribution is -0.192. The lowest BCUT2D eigenvalue weighted by atomic mass is 9.97. The zero-order valence-corrected chi connectivity index (χ0v) is 22.1. The van der Waals surface area contributed by atoms with Crippen LogP contribution in [-0.4, -0.2) is 79.4 Å². The predicted octanol–water partition coefficient (Wildman–Crippen LogP) is 3.83. The van der Waals surface area contributed by atoms with E-state index < -0.39 is 28.1 Å². The predicted molar refractivity (Wildman–Crippen MR) is 137 cm³/mol. The minimum atomic E-state index is -5.08. The van der Waals surface area contributed by atoms with Crippen LogP contribution in [0.15, 0.2) is 41.4 Å². The van der Waals surface area contributed by atoms with Gasteiger partial charge in [-0.1, -0.05) is 12.1 Å². The maximum atomic E-state index is 12.7. The number of aromatic carboxylic acids is 1. The number of carboxylic acids is 2. The molecule has 2 aliphatic heterocycles. The number of hydrogen-bond donors (Lipinski definition) is 3. The number of carboxylic acid groups (broad SMARTS) is 2. The number of anilines is 2. The highest BCUT2D eigenvalue weighted by Gasteiger charge is 2.38. The number of sulfonamides is 1. The number of halogens is 3. The lowest BCUT2D eigenvalue weighted by Gasteiger charge is -2.36. The Balaban J connectivity index is 0.000000532. The molecule has 4 rings (SSSR count). The highest BCUT2D eigenvalue weighted by molar-refractivity contribution is 7.92. The van der Waals surface area contributed by atoms with Gasteiger partial charge in [-0.3, -0.25) is 4.72 Å². The van der Waals surface area contributed by atoms with Crippen molar-refractivity contribution < 1.29 is 41.4 Å². The first-order valence-electron chi connectivity index (χ1n) is 12.4. The molecule has 214 valence electrons. The van der Waals surface area contributed by atoms with Gasteiger partial charge in [0, 0.05) is 19.6 Å². The van der Waals surface area contributed by atoms with Gasteiger partial charge in [-0.05, 0) is 75.4 Å². The first-order valence-corrected chi connectivity index (χ1v) is 13.8. The molecule has 10 nitrogen and oxygen atoms in total. The second kappa shape index (κ2) is 12.6. The monoisotopic (exact) mass is 572 g/mol. The van der Waals surface area contributed by atoms with E-state index in [0.717, 1.165) is 51.1 Å². The molecule has 1 unspecified atom stereocenters. The van der Waals surface area contributed by atoms with Gasteiger partial charge in [-0.25, -0.2) is 23.0 Å². The van der Waals surface area contributed by atoms with E-state index in [1.165, 1.54) is 31.2 Å². The molecule has 2 aromatic rings. The summed E-state index contributed by atoms with van der Waals surface area (Å²) in [5, 5.41) is 16.9. The van der Waals surface area contributed by atoms with Gasteiger partial charge in [0.05, 0.1) is 16.8 Å². The van der Waals surface area contributed by atoms with E-state index in [4.69, 9.17) is 9.90 Å². The molecule has 1 aromatic carbocycles. The molecule has 2 aliphatic rings. The first-order chi connectivity index (χ1) is 18.3. The fourth-order valence-electron chi connectivity index (χ4n) is 4.66. The quantitative estimate of drug-likeness (QED) is 0.452. The fraction of sp³-hybridized carbons (Fsp3) is 0.480. The minimum Gasteiger partial charge on any atom is -0.478 e. The van der Waals surface area contributed by atoms with Crippen molar-refractivity contribution >= 4 is 33.5 Å². The maximum Gasteiger partial charge on any atom is 0.490 e. The van der Waals surface area contributed by atoms with Crippen LogP contribution in [0.5, 0.6) is 0 Å². The number of nitrogens with one attached hydrogen (secondary N) is 1. The Hall–Kier alpha value is -3.39. The molecule has 2 fully saturated rings. The highest BCUT2D eigenvalue weighted by Crippen LogP contribution is 2.28. The average molecular weight is 573 g/mol. The van der Waals surface area contributed by atoms with E-state index in [1.807, 2.05) is 17.9 Å². The van der Waals surface area contributed by atoms with Gasteiger partial charge in [0.2, 0.25) is 0 Å². The summed E-state index contributed by atoms with van der Waals surface area (Å²) in [6.07, 6.45) is 0.937. The summed E-state index contributed by atoms with van der Waals surface area (Å²) in [5.41, 5.74) is 0.968. The first kappa shape index (κ1) is 30.2. The molecule has 3 N–H and O–H groups in total. The standard InChI is InChI=1S/C23H30N4O4S.C2HF3O2/c1-17-6-4-8-20(12-17)32(30,31)25-19-13-21(23(28)29)22(24-14-19)27-11-5-7-18(16-27)15-26-9-2-3-10-26;3-2(4,5)1(6)7/h4,6,8,12-14,18,25H,2-3,5,7,9-11,15-16H2,1H3,(H,28,29);(H,6,7). The topological polar surface area (TPSA) is 140 Å². The van der Waals surface area contributed by atoms with E-state index >= 15 is 0 Å². The number of aryl methyl sites for hydroxylation is 1. The van der Waals surface area contributed by atoms with Crippen molar-refractivity contribution in [2.45, 2.75) is 43.7 Å². The van der Waals surface area contributed by atoms with E-state index in [0.29, 0.717) is 11.7 Å². The second-order valence-electron chi connectivity index (χ2n) is 9.59. The van der Waals surface area contributed by atoms with Crippen LogP contribution in [0.3, 0.4) is 0 Å². The number of pyridine rings is 1. The molecule has 0 bridgehead atoms. The summed E-state index contributed by atoms with van der Waals surface area (Å²) in [6.45, 7) is 6.65. The zero-order chi connectivity index (χ0) is 28.8. The Labute approximate surface area is 224 Å². The third-order valence-electron chi connectivity index (χ3n) is 6.43. The van der Waals surface area contributed by atoms with Crippen LogP contribution in [0, 0.1) is 12.8 Å². The van der Waals surface area contributed by atoms with Crippen LogP contribution in [0.4, 0.5) is 24.7 Å². The fourth-order valence-corrected chi connectivity index (χ4v) is 5.79. The van der Waals surface area contributed by atoms with Crippen molar-refractivity contribution in [3.8, 4) is 0 Å². The summed E-state index contributed by atoms with van der Waals surface area (Å²) in [5.74, 6) is -3.00. The maximum absolute atomic E-state index is 12.7. The molecule has 14 heteroatoms. The van der Waals surface area contributed by atoms with Crippen LogP contribution in [0.2, 0.25) is 0 Å². The molecule has 0 aliphatic carbocycles. The number of nitrogens with zero attached hydrogens (tertiary/aromatic N) is 3. The summed E-state index contributed by atoms with van der Waals surface area (Å²) in [6, 6.07) is 7.92. The van der Waals surface area contributed by atoms with Crippen LogP contribution in [0.25, 0.3) is 0 Å². The lowest BCUT2D eigenvalue weighted by Crippen LogP contribution is -2.41. The van der Waals surface area contributed by atoms with Crippen molar-refractivity contribution in [3.05, 3.63) is 47.7 Å². The second-order valence-corrected chi connectivity index (χ2v) is 11.3. The molecule has 3 heterocycles. The Morgan fingerprint density at radius 1 is 1.10 bits per heavy atom. The molecule has 39 heavy (non-hydrogen) atoms. The van der Waals surface area contributed by atoms with Crippen molar-refractivity contribution in [1.29, 1.82) is 0 Å². The number of alkyl halides is 3. The summed E-state index contributed by atoms with van der Waals surface area (Å²) in [7, 11) is -3.84. The molecular formula is C25H31F3N4O6S. The van der Waals surface area contributed by atoms with Crippen LogP contribution in [-0.2, 0) is 14.8 Å². The van der Waals surface area contributed by atoms with E-state index in [2.05, 4.69) is 14.6 Å². The summed E-state index contributed by atoms with van der Waals surface area (Å²) >= 11 is 0. The normalized spacial score (nSPS) is 18.3. The van der Waals surface area contributed by atoms with Crippen molar-refractivity contribution in [2.75, 3.05) is 42.3 Å². The number of aromatic nitrogens is 1. The molecule has 1 atom stereocenters. The molecule has 0 spiro atoms. The molecule has 2 saturated heterocycles. The molecule has 0 amide bonds. The smallest absolute Gasteiger partial charge is 0.478 e. The van der Waals surface area contributed by atoms with Gasteiger partial charge in [0.1, 0.15) is 11.4 Å². The highest BCUT2D eigenvalue weighted by atomic mass is 32.2. The molecule has 1 aromatic heterocycles. The summed E-state index contributed by atoms with van der Waals surface area (Å²) < 4.78 is 59.7. The van der Waals surface area contributed by atoms with Gasteiger partial charge >= 0.3 is 18.1 Å². The largest absolute Gasteiger partial charge is 0.490 e. The number of hydrogen-bond acceptors (Lipinski definition) is 7. The number of carbonyl (C=O) groups is 2. The SMILES string of the molecule is Cc1cccc(S(=O)(=O)Nc2cnc(N3CCCC(CN4CCCC4)C3)c(C(=O)O)c2)c1.O=C(O)C(F)(F)F. The Morgan fingerprint density at radius 2 is 1.77 bits per heavy atom. The van der Waals surface area contributed by atoms with Gasteiger partial charge in [-0.15, -0.1) is 0 Å². The Morgan fingerprint density at radius 3 is 2.36 bits per heavy atom. The molecule has 0 radical (unpaired) electrons. The van der Waals surface area contributed by atoms with Crippen molar-refractivity contribution in [3.63, 3.8) is 0 Å². The molecular weight excluding hydrogens is 541 g/mol. The Bertz CT molecular complexity index is 1280. The summed E-state index contributed by atoms with van der Waals surface area (Å²) in [4.78, 5) is 29.9. The van der Waals surface area contributed by atoms with Crippen molar-refractivity contribution in [1.82, 2.24) is 9.88 Å². The molecule has 0 saturated carbocycles.